The molecule has 0 heterocycles. The SMILES string of the molecule is CC(CC(O)Cc1cccc(Br)c1)c1ccccc1. The van der Waals surface area contributed by atoms with E-state index in [4.69, 9.17) is 0 Å². The maximum Gasteiger partial charge on any atom is 0.0586 e. The van der Waals surface area contributed by atoms with Crippen LogP contribution in [0.15, 0.2) is 59.1 Å². The van der Waals surface area contributed by atoms with E-state index in [9.17, 15) is 5.11 Å². The molecule has 0 saturated carbocycles. The van der Waals surface area contributed by atoms with Crippen molar-refractivity contribution in [3.05, 3.63) is 70.2 Å². The largest absolute Gasteiger partial charge is 0.393 e. The predicted molar refractivity (Wildman–Crippen MR) is 83.3 cm³/mol. The molecule has 2 heteroatoms. The molecule has 19 heavy (non-hydrogen) atoms. The molecule has 0 aliphatic rings. The lowest BCUT2D eigenvalue weighted by Gasteiger charge is -2.17. The molecule has 1 N–H and O–H groups in total. The minimum absolute atomic E-state index is 0.301. The zero-order valence-electron chi connectivity index (χ0n) is 11.1. The summed E-state index contributed by atoms with van der Waals surface area (Å²) in [5, 5.41) is 10.2. The number of benzene rings is 2. The third-order valence-electron chi connectivity index (χ3n) is 3.35. The second-order valence-electron chi connectivity index (χ2n) is 5.04. The highest BCUT2D eigenvalue weighted by Gasteiger charge is 2.12. The number of hydrogen-bond donors (Lipinski definition) is 1. The Kier molecular flexibility index (Phi) is 5.17. The van der Waals surface area contributed by atoms with Gasteiger partial charge < -0.3 is 5.11 Å². The van der Waals surface area contributed by atoms with E-state index in [2.05, 4.69) is 47.1 Å². The number of hydrogen-bond acceptors (Lipinski definition) is 1. The zero-order valence-corrected chi connectivity index (χ0v) is 12.7. The Hall–Kier alpha value is -1.12. The molecular weight excluding hydrogens is 300 g/mol. The Morgan fingerprint density at radius 1 is 1.05 bits per heavy atom. The molecule has 0 spiro atoms. The van der Waals surface area contributed by atoms with Crippen LogP contribution in [0.4, 0.5) is 0 Å². The van der Waals surface area contributed by atoms with E-state index in [0.29, 0.717) is 12.3 Å². The summed E-state index contributed by atoms with van der Waals surface area (Å²) in [5.74, 6) is 0.378. The van der Waals surface area contributed by atoms with E-state index >= 15 is 0 Å². The highest BCUT2D eigenvalue weighted by Crippen LogP contribution is 2.22. The van der Waals surface area contributed by atoms with Gasteiger partial charge in [0.1, 0.15) is 0 Å². The van der Waals surface area contributed by atoms with E-state index in [1.807, 2.05) is 30.3 Å². The molecular formula is C17H19BrO. The average molecular weight is 319 g/mol. The van der Waals surface area contributed by atoms with Crippen LogP contribution in [-0.2, 0) is 6.42 Å². The number of aliphatic hydroxyl groups excluding tert-OH is 1. The van der Waals surface area contributed by atoms with Gasteiger partial charge in [-0.1, -0.05) is 65.3 Å². The van der Waals surface area contributed by atoms with Crippen molar-refractivity contribution in [2.45, 2.75) is 31.8 Å². The molecule has 2 atom stereocenters. The van der Waals surface area contributed by atoms with Gasteiger partial charge in [-0.15, -0.1) is 0 Å². The molecule has 0 amide bonds. The minimum Gasteiger partial charge on any atom is -0.393 e. The maximum atomic E-state index is 10.2. The summed E-state index contributed by atoms with van der Waals surface area (Å²) < 4.78 is 1.06. The summed E-state index contributed by atoms with van der Waals surface area (Å²) in [6.45, 7) is 2.17. The summed E-state index contributed by atoms with van der Waals surface area (Å²) >= 11 is 3.46. The van der Waals surface area contributed by atoms with Crippen molar-refractivity contribution in [1.29, 1.82) is 0 Å². The fraction of sp³-hybridized carbons (Fsp3) is 0.294. The van der Waals surface area contributed by atoms with Gasteiger partial charge in [0.05, 0.1) is 6.10 Å². The van der Waals surface area contributed by atoms with E-state index in [1.165, 1.54) is 11.1 Å². The van der Waals surface area contributed by atoms with Gasteiger partial charge in [0.25, 0.3) is 0 Å². The quantitative estimate of drug-likeness (QED) is 0.857. The van der Waals surface area contributed by atoms with Gasteiger partial charge in [0.2, 0.25) is 0 Å². The molecule has 0 bridgehead atoms. The third kappa shape index (κ3) is 4.48. The van der Waals surface area contributed by atoms with Crippen molar-refractivity contribution in [2.24, 2.45) is 0 Å². The first-order valence-corrected chi connectivity index (χ1v) is 7.42. The van der Waals surface area contributed by atoms with Crippen LogP contribution in [0, 0.1) is 0 Å². The first kappa shape index (κ1) is 14.3. The molecule has 2 unspecified atom stereocenters. The second-order valence-corrected chi connectivity index (χ2v) is 5.95. The van der Waals surface area contributed by atoms with Crippen LogP contribution in [0.25, 0.3) is 0 Å². The van der Waals surface area contributed by atoms with Gasteiger partial charge in [-0.3, -0.25) is 0 Å². The monoisotopic (exact) mass is 318 g/mol. The van der Waals surface area contributed by atoms with Crippen LogP contribution >= 0.6 is 15.9 Å². The molecule has 0 aliphatic heterocycles. The highest BCUT2D eigenvalue weighted by atomic mass is 79.9. The van der Waals surface area contributed by atoms with Crippen molar-refractivity contribution < 1.29 is 5.11 Å². The predicted octanol–water partition coefficient (Wildman–Crippen LogP) is 4.55. The molecule has 0 saturated heterocycles. The summed E-state index contributed by atoms with van der Waals surface area (Å²) in [6, 6.07) is 18.5. The third-order valence-corrected chi connectivity index (χ3v) is 3.85. The lowest BCUT2D eigenvalue weighted by molar-refractivity contribution is 0.157. The molecule has 2 aromatic rings. The molecule has 0 aliphatic carbocycles. The molecule has 0 radical (unpaired) electrons. The van der Waals surface area contributed by atoms with Crippen molar-refractivity contribution in [3.8, 4) is 0 Å². The standard InChI is InChI=1S/C17H19BrO/c1-13(15-7-3-2-4-8-15)10-17(19)12-14-6-5-9-16(18)11-14/h2-9,11,13,17,19H,10,12H2,1H3. The van der Waals surface area contributed by atoms with E-state index in [1.54, 1.807) is 0 Å². The van der Waals surface area contributed by atoms with Crippen molar-refractivity contribution in [2.75, 3.05) is 0 Å². The Labute approximate surface area is 123 Å². The fourth-order valence-corrected chi connectivity index (χ4v) is 2.79. The Bertz CT molecular complexity index is 510. The van der Waals surface area contributed by atoms with Gasteiger partial charge in [-0.25, -0.2) is 0 Å². The van der Waals surface area contributed by atoms with Crippen LogP contribution in [-0.4, -0.2) is 11.2 Å². The minimum atomic E-state index is -0.301. The van der Waals surface area contributed by atoms with Crippen LogP contribution < -0.4 is 0 Å². The van der Waals surface area contributed by atoms with Gasteiger partial charge in [-0.05, 0) is 42.0 Å². The van der Waals surface area contributed by atoms with Gasteiger partial charge in [0, 0.05) is 4.47 Å². The van der Waals surface area contributed by atoms with Crippen LogP contribution in [0.2, 0.25) is 0 Å². The van der Waals surface area contributed by atoms with Crippen LogP contribution in [0.1, 0.15) is 30.4 Å². The van der Waals surface area contributed by atoms with Crippen LogP contribution in [0.5, 0.6) is 0 Å². The summed E-state index contributed by atoms with van der Waals surface area (Å²) in [5.41, 5.74) is 2.46. The first-order chi connectivity index (χ1) is 9.15. The van der Waals surface area contributed by atoms with Gasteiger partial charge >= 0.3 is 0 Å². The fourth-order valence-electron chi connectivity index (χ4n) is 2.35. The Balaban J connectivity index is 1.92. The van der Waals surface area contributed by atoms with Crippen molar-refractivity contribution in [3.63, 3.8) is 0 Å². The Morgan fingerprint density at radius 2 is 1.79 bits per heavy atom. The second kappa shape index (κ2) is 6.88. The smallest absolute Gasteiger partial charge is 0.0586 e. The van der Waals surface area contributed by atoms with Crippen LogP contribution in [0.3, 0.4) is 0 Å². The topological polar surface area (TPSA) is 20.2 Å². The highest BCUT2D eigenvalue weighted by molar-refractivity contribution is 9.10. The maximum absolute atomic E-state index is 10.2. The molecule has 1 nitrogen and oxygen atoms in total. The summed E-state index contributed by atoms with van der Waals surface area (Å²) in [4.78, 5) is 0. The Morgan fingerprint density at radius 3 is 2.47 bits per heavy atom. The van der Waals surface area contributed by atoms with E-state index in [-0.39, 0.29) is 6.10 Å². The van der Waals surface area contributed by atoms with Crippen molar-refractivity contribution >= 4 is 15.9 Å². The van der Waals surface area contributed by atoms with Gasteiger partial charge in [0.15, 0.2) is 0 Å². The first-order valence-electron chi connectivity index (χ1n) is 6.62. The number of aliphatic hydroxyl groups is 1. The molecule has 0 aromatic heterocycles. The molecule has 100 valence electrons. The lowest BCUT2D eigenvalue weighted by Crippen LogP contribution is -2.14. The average Bonchev–Trinajstić information content (AvgIpc) is 2.39. The molecule has 2 rings (SSSR count). The van der Waals surface area contributed by atoms with Crippen molar-refractivity contribution in [1.82, 2.24) is 0 Å². The normalized spacial score (nSPS) is 14.1. The lowest BCUT2D eigenvalue weighted by atomic mass is 9.92. The summed E-state index contributed by atoms with van der Waals surface area (Å²) in [6.07, 6.45) is 1.19. The van der Waals surface area contributed by atoms with E-state index in [0.717, 1.165) is 10.9 Å². The molecule has 2 aromatic carbocycles. The molecule has 0 fully saturated rings. The van der Waals surface area contributed by atoms with Gasteiger partial charge in [-0.2, -0.15) is 0 Å². The van der Waals surface area contributed by atoms with E-state index < -0.39 is 0 Å². The summed E-state index contributed by atoms with van der Waals surface area (Å²) in [7, 11) is 0. The number of halogens is 1. The zero-order chi connectivity index (χ0) is 13.7. The number of rotatable bonds is 5.